The number of ether oxygens (including phenoxy) is 1. The summed E-state index contributed by atoms with van der Waals surface area (Å²) in [5.74, 6) is -0.447. The lowest BCUT2D eigenvalue weighted by Gasteiger charge is -2.36. The summed E-state index contributed by atoms with van der Waals surface area (Å²) in [5.41, 5.74) is 2.23. The number of fused-ring (bicyclic) bond motifs is 1. The smallest absolute Gasteiger partial charge is 0.406 e. The lowest BCUT2D eigenvalue weighted by molar-refractivity contribution is -0.274. The van der Waals surface area contributed by atoms with E-state index in [0.717, 1.165) is 17.5 Å². The molecule has 0 N–H and O–H groups in total. The highest BCUT2D eigenvalue weighted by molar-refractivity contribution is 7.10. The van der Waals surface area contributed by atoms with Crippen LogP contribution in [-0.2, 0) is 6.42 Å². The summed E-state index contributed by atoms with van der Waals surface area (Å²) in [6.45, 7) is 0.514. The first-order valence-corrected chi connectivity index (χ1v) is 10.1. The Balaban J connectivity index is 1.69. The van der Waals surface area contributed by atoms with Crippen LogP contribution in [-0.4, -0.2) is 23.7 Å². The SMILES string of the molecule is O=C(c1ccc(Cl)cc1)N1CCc2sccc2[C@H]1c1ccc(OC(F)(F)F)cc1. The summed E-state index contributed by atoms with van der Waals surface area (Å²) in [6.07, 6.45) is -4.01. The van der Waals surface area contributed by atoms with Gasteiger partial charge >= 0.3 is 6.36 Å². The molecule has 0 spiro atoms. The lowest BCUT2D eigenvalue weighted by atomic mass is 9.92. The molecule has 2 heterocycles. The Hall–Kier alpha value is -2.51. The number of amides is 1. The first-order valence-electron chi connectivity index (χ1n) is 8.80. The zero-order chi connectivity index (χ0) is 20.6. The third-order valence-corrected chi connectivity index (χ3v) is 6.00. The highest BCUT2D eigenvalue weighted by atomic mass is 35.5. The quantitative estimate of drug-likeness (QED) is 0.496. The molecule has 150 valence electrons. The van der Waals surface area contributed by atoms with E-state index in [1.807, 2.05) is 11.4 Å². The molecule has 1 aliphatic heterocycles. The van der Waals surface area contributed by atoms with Gasteiger partial charge in [-0.15, -0.1) is 24.5 Å². The molecule has 1 amide bonds. The number of benzene rings is 2. The van der Waals surface area contributed by atoms with E-state index in [9.17, 15) is 18.0 Å². The largest absolute Gasteiger partial charge is 0.573 e. The summed E-state index contributed by atoms with van der Waals surface area (Å²) in [6, 6.07) is 13.9. The third kappa shape index (κ3) is 4.26. The Labute approximate surface area is 174 Å². The summed E-state index contributed by atoms with van der Waals surface area (Å²) in [4.78, 5) is 16.1. The van der Waals surface area contributed by atoms with Crippen molar-refractivity contribution in [3.63, 3.8) is 0 Å². The summed E-state index contributed by atoms with van der Waals surface area (Å²) in [7, 11) is 0. The average molecular weight is 438 g/mol. The molecule has 3 aromatic rings. The van der Waals surface area contributed by atoms with Crippen molar-refractivity contribution in [1.82, 2.24) is 4.90 Å². The van der Waals surface area contributed by atoms with Gasteiger partial charge in [-0.05, 0) is 65.4 Å². The van der Waals surface area contributed by atoms with Crippen LogP contribution >= 0.6 is 22.9 Å². The molecule has 2 aromatic carbocycles. The molecule has 3 nitrogen and oxygen atoms in total. The number of rotatable bonds is 3. The van der Waals surface area contributed by atoms with Gasteiger partial charge in [-0.3, -0.25) is 4.79 Å². The van der Waals surface area contributed by atoms with Crippen LogP contribution in [0.1, 0.15) is 32.4 Å². The fourth-order valence-electron chi connectivity index (χ4n) is 3.50. The van der Waals surface area contributed by atoms with Crippen molar-refractivity contribution >= 4 is 28.8 Å². The first kappa shape index (κ1) is 19.8. The molecule has 4 rings (SSSR count). The Morgan fingerprint density at radius 3 is 2.41 bits per heavy atom. The number of halogens is 4. The van der Waals surface area contributed by atoms with E-state index in [2.05, 4.69) is 4.74 Å². The lowest BCUT2D eigenvalue weighted by Crippen LogP contribution is -2.40. The molecule has 0 saturated carbocycles. The second-order valence-corrected chi connectivity index (χ2v) is 8.01. The summed E-state index contributed by atoms with van der Waals surface area (Å²) >= 11 is 7.54. The predicted octanol–water partition coefficient (Wildman–Crippen LogP) is 6.09. The minimum absolute atomic E-state index is 0.154. The van der Waals surface area contributed by atoms with Gasteiger partial charge < -0.3 is 9.64 Å². The number of thiophene rings is 1. The van der Waals surface area contributed by atoms with Crippen LogP contribution in [0.4, 0.5) is 13.2 Å². The molecule has 29 heavy (non-hydrogen) atoms. The standard InChI is InChI=1S/C21H15ClF3NO2S/c22-15-5-1-14(2-6-15)20(27)26-11-9-18-17(10-12-29-18)19(26)13-3-7-16(8-4-13)28-21(23,24)25/h1-8,10,12,19H,9,11H2/t19-/m1/s1. The summed E-state index contributed by atoms with van der Waals surface area (Å²) in [5, 5.41) is 2.51. The fraction of sp³-hybridized carbons (Fsp3) is 0.190. The number of nitrogens with zero attached hydrogens (tertiary/aromatic N) is 1. The van der Waals surface area contributed by atoms with Crippen molar-refractivity contribution in [2.45, 2.75) is 18.8 Å². The van der Waals surface area contributed by atoms with Gasteiger partial charge in [0.15, 0.2) is 0 Å². The van der Waals surface area contributed by atoms with E-state index < -0.39 is 6.36 Å². The number of hydrogen-bond donors (Lipinski definition) is 0. The van der Waals surface area contributed by atoms with E-state index in [-0.39, 0.29) is 17.7 Å². The molecule has 0 radical (unpaired) electrons. The van der Waals surface area contributed by atoms with Crippen LogP contribution in [0.15, 0.2) is 60.0 Å². The first-order chi connectivity index (χ1) is 13.8. The van der Waals surface area contributed by atoms with E-state index in [1.165, 1.54) is 17.0 Å². The molecule has 8 heteroatoms. The topological polar surface area (TPSA) is 29.5 Å². The molecule has 1 atom stereocenters. The van der Waals surface area contributed by atoms with Crippen molar-refractivity contribution in [3.8, 4) is 5.75 Å². The Morgan fingerprint density at radius 1 is 1.07 bits per heavy atom. The van der Waals surface area contributed by atoms with Crippen LogP contribution in [0.2, 0.25) is 5.02 Å². The van der Waals surface area contributed by atoms with E-state index in [0.29, 0.717) is 17.1 Å². The number of carbonyl (C=O) groups is 1. The highest BCUT2D eigenvalue weighted by Crippen LogP contribution is 2.39. The molecule has 1 aliphatic rings. The van der Waals surface area contributed by atoms with E-state index in [1.54, 1.807) is 52.6 Å². The monoisotopic (exact) mass is 437 g/mol. The van der Waals surface area contributed by atoms with Gasteiger partial charge in [0.2, 0.25) is 0 Å². The third-order valence-electron chi connectivity index (χ3n) is 4.75. The highest BCUT2D eigenvalue weighted by Gasteiger charge is 2.34. The molecule has 0 saturated heterocycles. The number of carbonyl (C=O) groups excluding carboxylic acids is 1. The van der Waals surface area contributed by atoms with Gasteiger partial charge in [0.05, 0.1) is 6.04 Å². The zero-order valence-electron chi connectivity index (χ0n) is 14.9. The maximum Gasteiger partial charge on any atom is 0.573 e. The van der Waals surface area contributed by atoms with Crippen LogP contribution in [0.25, 0.3) is 0 Å². The van der Waals surface area contributed by atoms with Crippen LogP contribution in [0.5, 0.6) is 5.75 Å². The Kier molecular flexibility index (Phi) is 5.27. The minimum Gasteiger partial charge on any atom is -0.406 e. The van der Waals surface area contributed by atoms with Gasteiger partial charge in [-0.1, -0.05) is 23.7 Å². The normalized spacial score (nSPS) is 16.4. The molecule has 0 aliphatic carbocycles. The molecular weight excluding hydrogens is 423 g/mol. The fourth-order valence-corrected chi connectivity index (χ4v) is 4.53. The van der Waals surface area contributed by atoms with E-state index in [4.69, 9.17) is 11.6 Å². The maximum absolute atomic E-state index is 13.2. The predicted molar refractivity (Wildman–Crippen MR) is 105 cm³/mol. The molecule has 1 aromatic heterocycles. The van der Waals surface area contributed by atoms with Gasteiger partial charge in [-0.25, -0.2) is 0 Å². The van der Waals surface area contributed by atoms with E-state index >= 15 is 0 Å². The number of alkyl halides is 3. The summed E-state index contributed by atoms with van der Waals surface area (Å²) < 4.78 is 41.3. The second-order valence-electron chi connectivity index (χ2n) is 6.57. The molecule has 0 bridgehead atoms. The minimum atomic E-state index is -4.75. The maximum atomic E-state index is 13.2. The van der Waals surface area contributed by atoms with Crippen molar-refractivity contribution in [3.05, 3.63) is 86.6 Å². The van der Waals surface area contributed by atoms with Crippen molar-refractivity contribution in [2.75, 3.05) is 6.54 Å². The van der Waals surface area contributed by atoms with Crippen molar-refractivity contribution in [2.24, 2.45) is 0 Å². The van der Waals surface area contributed by atoms with Crippen molar-refractivity contribution in [1.29, 1.82) is 0 Å². The zero-order valence-corrected chi connectivity index (χ0v) is 16.5. The van der Waals surface area contributed by atoms with Gasteiger partial charge in [0.1, 0.15) is 5.75 Å². The molecule has 0 fully saturated rings. The van der Waals surface area contributed by atoms with Crippen molar-refractivity contribution < 1.29 is 22.7 Å². The molecule has 0 unspecified atom stereocenters. The average Bonchev–Trinajstić information content (AvgIpc) is 3.15. The number of hydrogen-bond acceptors (Lipinski definition) is 3. The van der Waals surface area contributed by atoms with Crippen LogP contribution < -0.4 is 4.74 Å². The Morgan fingerprint density at radius 2 is 1.76 bits per heavy atom. The van der Waals surface area contributed by atoms with Crippen LogP contribution in [0.3, 0.4) is 0 Å². The van der Waals surface area contributed by atoms with Gasteiger partial charge in [0.25, 0.3) is 5.91 Å². The van der Waals surface area contributed by atoms with Gasteiger partial charge in [0, 0.05) is 22.0 Å². The molecular formula is C21H15ClF3NO2S. The Bertz CT molecular complexity index is 1020. The van der Waals surface area contributed by atoms with Gasteiger partial charge in [-0.2, -0.15) is 0 Å². The van der Waals surface area contributed by atoms with Crippen LogP contribution in [0, 0.1) is 0 Å². The second kappa shape index (κ2) is 7.72.